The van der Waals surface area contributed by atoms with Crippen molar-refractivity contribution in [3.05, 3.63) is 64.3 Å². The van der Waals surface area contributed by atoms with E-state index >= 15 is 0 Å². The van der Waals surface area contributed by atoms with Crippen LogP contribution in [-0.4, -0.2) is 23.6 Å². The van der Waals surface area contributed by atoms with Gasteiger partial charge in [0, 0.05) is 42.0 Å². The molecule has 6 heteroatoms. The maximum absolute atomic E-state index is 11.0. The van der Waals surface area contributed by atoms with Gasteiger partial charge in [0.2, 0.25) is 0 Å². The summed E-state index contributed by atoms with van der Waals surface area (Å²) < 4.78 is 5.26. The molecule has 0 bridgehead atoms. The molecule has 148 valence electrons. The second-order valence-electron chi connectivity index (χ2n) is 5.68. The number of anilines is 2. The summed E-state index contributed by atoms with van der Waals surface area (Å²) in [6.07, 6.45) is 2.57. The number of hydrogen-bond donors (Lipinski definition) is 0. The van der Waals surface area contributed by atoms with Crippen LogP contribution in [0, 0.1) is 10.1 Å². The Morgan fingerprint density at radius 3 is 2.46 bits per heavy atom. The van der Waals surface area contributed by atoms with Crippen LogP contribution in [0.5, 0.6) is 5.75 Å². The highest BCUT2D eigenvalue weighted by Gasteiger charge is 2.24. The fraction of sp³-hybridized carbons (Fsp3) is 0.318. The predicted octanol–water partition coefficient (Wildman–Crippen LogP) is 5.90. The van der Waals surface area contributed by atoms with Gasteiger partial charge < -0.3 is 9.64 Å². The lowest BCUT2D eigenvalue weighted by Gasteiger charge is -2.21. The van der Waals surface area contributed by atoms with E-state index in [9.17, 15) is 10.1 Å². The highest BCUT2D eigenvalue weighted by molar-refractivity contribution is 5.95. The Hall–Kier alpha value is -3.15. The molecule has 1 aliphatic heterocycles. The second kappa shape index (κ2) is 9.69. The molecule has 0 aliphatic carbocycles. The standard InChI is InChI=1S/C18H15N3O3.2C2H6/c1-24-14-3-4-15-16(11-14)19-8-6-18(15)20-9-7-12-10-13(21(22)23)2-5-17(12)20;2*1-2/h2-6,8,10-11H,7,9H2,1H3;2*1-2H3. The molecule has 0 spiro atoms. The molecule has 0 atom stereocenters. The normalized spacial score (nSPS) is 11.7. The Bertz CT molecular complexity index is 957. The van der Waals surface area contributed by atoms with Crippen LogP contribution in [0.25, 0.3) is 10.9 Å². The summed E-state index contributed by atoms with van der Waals surface area (Å²) in [5.74, 6) is 0.768. The zero-order valence-electron chi connectivity index (χ0n) is 17.1. The first-order chi connectivity index (χ1) is 13.7. The zero-order valence-corrected chi connectivity index (χ0v) is 17.1. The van der Waals surface area contributed by atoms with E-state index in [0.717, 1.165) is 46.6 Å². The number of benzene rings is 2. The number of nitro groups is 1. The lowest BCUT2D eigenvalue weighted by atomic mass is 10.1. The van der Waals surface area contributed by atoms with Crippen LogP contribution in [0.1, 0.15) is 33.3 Å². The minimum Gasteiger partial charge on any atom is -0.497 e. The van der Waals surface area contributed by atoms with E-state index in [0.29, 0.717) is 0 Å². The van der Waals surface area contributed by atoms with E-state index in [1.165, 1.54) is 0 Å². The first-order valence-electron chi connectivity index (χ1n) is 9.65. The summed E-state index contributed by atoms with van der Waals surface area (Å²) in [7, 11) is 1.63. The van der Waals surface area contributed by atoms with E-state index in [1.54, 1.807) is 25.4 Å². The van der Waals surface area contributed by atoms with Crippen LogP contribution in [0.2, 0.25) is 0 Å². The molecular weight excluding hydrogens is 354 g/mol. The Morgan fingerprint density at radius 1 is 1.04 bits per heavy atom. The zero-order chi connectivity index (χ0) is 20.7. The van der Waals surface area contributed by atoms with Crippen LogP contribution >= 0.6 is 0 Å². The van der Waals surface area contributed by atoms with Gasteiger partial charge in [-0.2, -0.15) is 0 Å². The molecule has 1 aliphatic rings. The van der Waals surface area contributed by atoms with Crippen LogP contribution in [-0.2, 0) is 6.42 Å². The predicted molar refractivity (Wildman–Crippen MR) is 115 cm³/mol. The van der Waals surface area contributed by atoms with Gasteiger partial charge in [-0.25, -0.2) is 0 Å². The topological polar surface area (TPSA) is 68.5 Å². The van der Waals surface area contributed by atoms with Crippen molar-refractivity contribution < 1.29 is 9.66 Å². The average Bonchev–Trinajstić information content (AvgIpc) is 3.18. The summed E-state index contributed by atoms with van der Waals surface area (Å²) in [6.45, 7) is 8.79. The maximum atomic E-state index is 11.0. The second-order valence-corrected chi connectivity index (χ2v) is 5.68. The van der Waals surface area contributed by atoms with Gasteiger partial charge in [0.1, 0.15) is 5.75 Å². The molecule has 0 unspecified atom stereocenters. The number of hydrogen-bond acceptors (Lipinski definition) is 5. The van der Waals surface area contributed by atoms with Gasteiger partial charge in [-0.1, -0.05) is 27.7 Å². The Balaban J connectivity index is 0.000000660. The van der Waals surface area contributed by atoms with Crippen molar-refractivity contribution in [1.29, 1.82) is 0 Å². The third kappa shape index (κ3) is 4.06. The average molecular weight is 381 g/mol. The molecule has 1 aromatic heterocycles. The number of rotatable bonds is 3. The van der Waals surface area contributed by atoms with Gasteiger partial charge in [0.15, 0.2) is 0 Å². The third-order valence-corrected chi connectivity index (χ3v) is 4.39. The van der Waals surface area contributed by atoms with Crippen LogP contribution in [0.15, 0.2) is 48.7 Å². The minimum absolute atomic E-state index is 0.139. The van der Waals surface area contributed by atoms with Crippen molar-refractivity contribution in [1.82, 2.24) is 4.98 Å². The van der Waals surface area contributed by atoms with E-state index in [-0.39, 0.29) is 10.6 Å². The van der Waals surface area contributed by atoms with Gasteiger partial charge in [0.25, 0.3) is 5.69 Å². The summed E-state index contributed by atoms with van der Waals surface area (Å²) >= 11 is 0. The lowest BCUT2D eigenvalue weighted by Crippen LogP contribution is -2.13. The molecule has 0 amide bonds. The lowest BCUT2D eigenvalue weighted by molar-refractivity contribution is -0.384. The number of fused-ring (bicyclic) bond motifs is 2. The van der Waals surface area contributed by atoms with E-state index in [2.05, 4.69) is 9.88 Å². The van der Waals surface area contributed by atoms with Gasteiger partial charge in [-0.05, 0) is 36.2 Å². The summed E-state index contributed by atoms with van der Waals surface area (Å²) in [6, 6.07) is 12.9. The van der Waals surface area contributed by atoms with Crippen molar-refractivity contribution >= 4 is 28.0 Å². The number of nitrogens with zero attached hydrogens (tertiary/aromatic N) is 3. The molecule has 0 saturated carbocycles. The van der Waals surface area contributed by atoms with E-state index in [4.69, 9.17) is 4.74 Å². The number of pyridine rings is 1. The molecule has 0 saturated heterocycles. The van der Waals surface area contributed by atoms with Gasteiger partial charge in [-0.15, -0.1) is 0 Å². The molecule has 4 rings (SSSR count). The molecule has 0 N–H and O–H groups in total. The van der Waals surface area contributed by atoms with E-state index < -0.39 is 0 Å². The summed E-state index contributed by atoms with van der Waals surface area (Å²) in [5, 5.41) is 12.0. The Kier molecular flexibility index (Phi) is 7.32. The molecule has 0 radical (unpaired) electrons. The van der Waals surface area contributed by atoms with Gasteiger partial charge >= 0.3 is 0 Å². The molecule has 28 heavy (non-hydrogen) atoms. The quantitative estimate of drug-likeness (QED) is 0.417. The Morgan fingerprint density at radius 2 is 1.79 bits per heavy atom. The smallest absolute Gasteiger partial charge is 0.269 e. The number of nitro benzene ring substituents is 1. The SMILES string of the molecule is CC.CC.COc1ccc2c(N3CCc4cc([N+](=O)[O-])ccc43)ccnc2c1. The first-order valence-corrected chi connectivity index (χ1v) is 9.65. The maximum Gasteiger partial charge on any atom is 0.269 e. The highest BCUT2D eigenvalue weighted by atomic mass is 16.6. The van der Waals surface area contributed by atoms with Crippen molar-refractivity contribution in [2.45, 2.75) is 34.1 Å². The molecule has 0 fully saturated rings. The largest absolute Gasteiger partial charge is 0.497 e. The fourth-order valence-corrected chi connectivity index (χ4v) is 3.23. The number of non-ortho nitro benzene ring substituents is 1. The van der Waals surface area contributed by atoms with E-state index in [1.807, 2.05) is 58.0 Å². The van der Waals surface area contributed by atoms with Crippen molar-refractivity contribution in [2.24, 2.45) is 0 Å². The fourth-order valence-electron chi connectivity index (χ4n) is 3.23. The van der Waals surface area contributed by atoms with Crippen LogP contribution in [0.3, 0.4) is 0 Å². The van der Waals surface area contributed by atoms with Crippen molar-refractivity contribution in [3.63, 3.8) is 0 Å². The summed E-state index contributed by atoms with van der Waals surface area (Å²) in [5.41, 5.74) is 4.07. The number of ether oxygens (including phenoxy) is 1. The number of methoxy groups -OCH3 is 1. The molecular formula is C22H27N3O3. The highest BCUT2D eigenvalue weighted by Crippen LogP contribution is 2.39. The molecule has 2 aromatic carbocycles. The monoisotopic (exact) mass is 381 g/mol. The van der Waals surface area contributed by atoms with Crippen molar-refractivity contribution in [3.8, 4) is 5.75 Å². The third-order valence-electron chi connectivity index (χ3n) is 4.39. The minimum atomic E-state index is -0.350. The van der Waals surface area contributed by atoms with Crippen molar-refractivity contribution in [2.75, 3.05) is 18.6 Å². The first kappa shape index (κ1) is 21.2. The molecule has 3 aromatic rings. The van der Waals surface area contributed by atoms with Gasteiger partial charge in [0.05, 0.1) is 23.2 Å². The van der Waals surface area contributed by atoms with Crippen LogP contribution in [0.4, 0.5) is 17.1 Å². The molecule has 2 heterocycles. The summed E-state index contributed by atoms with van der Waals surface area (Å²) in [4.78, 5) is 17.2. The van der Waals surface area contributed by atoms with Crippen LogP contribution < -0.4 is 9.64 Å². The molecule has 6 nitrogen and oxygen atoms in total. The number of aromatic nitrogens is 1. The Labute approximate surface area is 165 Å². The van der Waals surface area contributed by atoms with Gasteiger partial charge in [-0.3, -0.25) is 15.1 Å².